The fourth-order valence-electron chi connectivity index (χ4n) is 2.52. The summed E-state index contributed by atoms with van der Waals surface area (Å²) in [4.78, 5) is 36.0. The fourth-order valence-corrected chi connectivity index (χ4v) is 2.65. The van der Waals surface area contributed by atoms with Crippen LogP contribution in [0.3, 0.4) is 0 Å². The molecule has 0 heterocycles. The maximum Gasteiger partial charge on any atom is 0.343 e. The lowest BCUT2D eigenvalue weighted by molar-refractivity contribution is -0.136. The molecular weight excluding hydrogens is 434 g/mol. The normalized spacial score (nSPS) is 10.4. The molecule has 0 unspecified atom stereocenters. The number of hydrogen-bond acceptors (Lipinski definition) is 6. The van der Waals surface area contributed by atoms with Gasteiger partial charge in [0.05, 0.1) is 18.9 Å². The summed E-state index contributed by atoms with van der Waals surface area (Å²) >= 11 is 5.78. The van der Waals surface area contributed by atoms with Gasteiger partial charge >= 0.3 is 17.8 Å². The van der Waals surface area contributed by atoms with Crippen molar-refractivity contribution in [2.75, 3.05) is 12.4 Å². The van der Waals surface area contributed by atoms with Crippen molar-refractivity contribution in [2.45, 2.75) is 0 Å². The first-order valence-electron chi connectivity index (χ1n) is 9.31. The molecule has 0 aliphatic carbocycles. The van der Waals surface area contributed by atoms with Gasteiger partial charge < -0.3 is 14.8 Å². The lowest BCUT2D eigenvalue weighted by Gasteiger charge is -2.10. The van der Waals surface area contributed by atoms with Gasteiger partial charge in [-0.1, -0.05) is 29.8 Å². The van der Waals surface area contributed by atoms with E-state index in [1.54, 1.807) is 66.7 Å². The summed E-state index contributed by atoms with van der Waals surface area (Å²) in [6, 6.07) is 19.6. The molecule has 0 fully saturated rings. The van der Waals surface area contributed by atoms with Crippen molar-refractivity contribution < 1.29 is 23.9 Å². The fraction of sp³-hybridized carbons (Fsp3) is 0.0435. The van der Waals surface area contributed by atoms with Crippen molar-refractivity contribution in [1.29, 1.82) is 0 Å². The minimum atomic E-state index is -0.948. The number of nitrogens with zero attached hydrogens (tertiary/aromatic N) is 1. The Hall–Kier alpha value is -4.17. The molecule has 32 heavy (non-hydrogen) atoms. The van der Waals surface area contributed by atoms with Crippen LogP contribution in [0, 0.1) is 0 Å². The molecule has 0 saturated heterocycles. The number of carbonyl (C=O) groups excluding carboxylic acids is 3. The van der Waals surface area contributed by atoms with Crippen LogP contribution in [0.2, 0.25) is 5.02 Å². The van der Waals surface area contributed by atoms with Crippen molar-refractivity contribution >= 4 is 41.3 Å². The first-order chi connectivity index (χ1) is 15.5. The van der Waals surface area contributed by atoms with Crippen LogP contribution in [0.15, 0.2) is 77.9 Å². The Kier molecular flexibility index (Phi) is 7.55. The summed E-state index contributed by atoms with van der Waals surface area (Å²) in [5.74, 6) is -1.83. The molecule has 2 N–H and O–H groups in total. The summed E-state index contributed by atoms with van der Waals surface area (Å²) in [5.41, 5.74) is 3.50. The van der Waals surface area contributed by atoms with Gasteiger partial charge in [0.2, 0.25) is 0 Å². The van der Waals surface area contributed by atoms with Crippen LogP contribution < -0.4 is 20.2 Å². The van der Waals surface area contributed by atoms with Crippen LogP contribution in [0.25, 0.3) is 0 Å². The van der Waals surface area contributed by atoms with Crippen LogP contribution in [0.5, 0.6) is 11.5 Å². The third-order valence-corrected chi connectivity index (χ3v) is 4.34. The van der Waals surface area contributed by atoms with Gasteiger partial charge in [-0.15, -0.1) is 0 Å². The standard InChI is InChI=1S/C23H18ClN3O5/c1-31-20-13-15(7-12-19(20)32-23(30)16-5-3-2-4-6-16)14-25-27-22(29)21(28)26-18-10-8-17(24)9-11-18/h2-14H,1H3,(H,26,28)(H,27,29)/b25-14+. The van der Waals surface area contributed by atoms with E-state index in [4.69, 9.17) is 21.1 Å². The molecule has 3 rings (SSSR count). The maximum absolute atomic E-state index is 12.2. The Morgan fingerprint density at radius 3 is 2.31 bits per heavy atom. The zero-order chi connectivity index (χ0) is 22.9. The number of amides is 2. The maximum atomic E-state index is 12.2. The largest absolute Gasteiger partial charge is 0.493 e. The number of hydrazone groups is 1. The topological polar surface area (TPSA) is 106 Å². The minimum absolute atomic E-state index is 0.227. The molecule has 9 heteroatoms. The van der Waals surface area contributed by atoms with E-state index in [1.165, 1.54) is 19.4 Å². The van der Waals surface area contributed by atoms with Crippen LogP contribution in [-0.2, 0) is 9.59 Å². The van der Waals surface area contributed by atoms with Gasteiger partial charge in [0.15, 0.2) is 11.5 Å². The Morgan fingerprint density at radius 2 is 1.62 bits per heavy atom. The zero-order valence-electron chi connectivity index (χ0n) is 16.9. The van der Waals surface area contributed by atoms with E-state index in [2.05, 4.69) is 15.8 Å². The van der Waals surface area contributed by atoms with Gasteiger partial charge in [-0.05, 0) is 60.2 Å². The molecule has 0 bridgehead atoms. The minimum Gasteiger partial charge on any atom is -0.493 e. The summed E-state index contributed by atoms with van der Waals surface area (Å²) in [6.45, 7) is 0. The zero-order valence-corrected chi connectivity index (χ0v) is 17.6. The molecule has 0 spiro atoms. The molecule has 0 atom stereocenters. The Balaban J connectivity index is 1.59. The van der Waals surface area contributed by atoms with Crippen molar-refractivity contribution in [3.8, 4) is 11.5 Å². The number of carbonyl (C=O) groups is 3. The predicted octanol–water partition coefficient (Wildman–Crippen LogP) is 3.66. The molecule has 0 radical (unpaired) electrons. The first-order valence-corrected chi connectivity index (χ1v) is 9.69. The molecule has 2 amide bonds. The van der Waals surface area contributed by atoms with E-state index in [9.17, 15) is 14.4 Å². The van der Waals surface area contributed by atoms with Gasteiger partial charge in [-0.3, -0.25) is 9.59 Å². The van der Waals surface area contributed by atoms with Crippen LogP contribution >= 0.6 is 11.6 Å². The number of halogens is 1. The van der Waals surface area contributed by atoms with Crippen LogP contribution in [0.1, 0.15) is 15.9 Å². The van der Waals surface area contributed by atoms with E-state index in [1.807, 2.05) is 0 Å². The van der Waals surface area contributed by atoms with Crippen molar-refractivity contribution in [3.63, 3.8) is 0 Å². The van der Waals surface area contributed by atoms with Crippen molar-refractivity contribution in [1.82, 2.24) is 5.43 Å². The summed E-state index contributed by atoms with van der Waals surface area (Å²) in [7, 11) is 1.43. The number of benzene rings is 3. The van der Waals surface area contributed by atoms with Gasteiger partial charge in [0.1, 0.15) is 0 Å². The molecular formula is C23H18ClN3O5. The van der Waals surface area contributed by atoms with E-state index in [0.717, 1.165) is 0 Å². The highest BCUT2D eigenvalue weighted by atomic mass is 35.5. The predicted molar refractivity (Wildman–Crippen MR) is 120 cm³/mol. The van der Waals surface area contributed by atoms with Gasteiger partial charge in [-0.25, -0.2) is 10.2 Å². The summed E-state index contributed by atoms with van der Waals surface area (Å²) < 4.78 is 10.6. The Morgan fingerprint density at radius 1 is 0.906 bits per heavy atom. The Bertz CT molecular complexity index is 1150. The van der Waals surface area contributed by atoms with E-state index < -0.39 is 17.8 Å². The third-order valence-electron chi connectivity index (χ3n) is 4.09. The number of anilines is 1. The van der Waals surface area contributed by atoms with Crippen molar-refractivity contribution in [3.05, 3.63) is 88.9 Å². The number of esters is 1. The highest BCUT2D eigenvalue weighted by molar-refractivity contribution is 6.39. The van der Waals surface area contributed by atoms with E-state index >= 15 is 0 Å². The second kappa shape index (κ2) is 10.7. The highest BCUT2D eigenvalue weighted by Crippen LogP contribution is 2.28. The van der Waals surface area contributed by atoms with Crippen LogP contribution in [-0.4, -0.2) is 31.1 Å². The third kappa shape index (κ3) is 6.16. The van der Waals surface area contributed by atoms with Crippen molar-refractivity contribution in [2.24, 2.45) is 5.10 Å². The highest BCUT2D eigenvalue weighted by Gasteiger charge is 2.14. The lowest BCUT2D eigenvalue weighted by Crippen LogP contribution is -2.32. The number of nitrogens with one attached hydrogen (secondary N) is 2. The van der Waals surface area contributed by atoms with E-state index in [0.29, 0.717) is 27.6 Å². The molecule has 3 aromatic rings. The number of rotatable bonds is 6. The SMILES string of the molecule is COc1cc(/C=N/NC(=O)C(=O)Nc2ccc(Cl)cc2)ccc1OC(=O)c1ccccc1. The lowest BCUT2D eigenvalue weighted by atomic mass is 10.2. The number of ether oxygens (including phenoxy) is 2. The average Bonchev–Trinajstić information content (AvgIpc) is 2.81. The monoisotopic (exact) mass is 451 g/mol. The van der Waals surface area contributed by atoms with E-state index in [-0.39, 0.29) is 5.75 Å². The molecule has 3 aromatic carbocycles. The number of hydrogen-bond donors (Lipinski definition) is 2. The second-order valence-corrected chi connectivity index (χ2v) is 6.76. The molecule has 0 aliphatic heterocycles. The van der Waals surface area contributed by atoms with Gasteiger partial charge in [0, 0.05) is 10.7 Å². The quantitative estimate of drug-likeness (QED) is 0.195. The van der Waals surface area contributed by atoms with Gasteiger partial charge in [-0.2, -0.15) is 5.10 Å². The first kappa shape index (κ1) is 22.5. The summed E-state index contributed by atoms with van der Waals surface area (Å²) in [5, 5.41) is 6.69. The molecule has 8 nitrogen and oxygen atoms in total. The van der Waals surface area contributed by atoms with Gasteiger partial charge in [0.25, 0.3) is 0 Å². The molecule has 0 saturated carbocycles. The molecule has 162 valence electrons. The average molecular weight is 452 g/mol. The summed E-state index contributed by atoms with van der Waals surface area (Å²) in [6.07, 6.45) is 1.32. The smallest absolute Gasteiger partial charge is 0.343 e. The molecule has 0 aromatic heterocycles. The Labute approximate surface area is 188 Å². The molecule has 0 aliphatic rings. The number of methoxy groups -OCH3 is 1. The van der Waals surface area contributed by atoms with Crippen LogP contribution in [0.4, 0.5) is 5.69 Å². The second-order valence-electron chi connectivity index (χ2n) is 6.33.